The van der Waals surface area contributed by atoms with E-state index in [1.165, 1.54) is 0 Å². The van der Waals surface area contributed by atoms with Gasteiger partial charge in [-0.15, -0.1) is 0 Å². The summed E-state index contributed by atoms with van der Waals surface area (Å²) in [5, 5.41) is 3.53. The first kappa shape index (κ1) is 16.4. The number of hydrogen-bond donors (Lipinski definition) is 1. The number of aryl methyl sites for hydroxylation is 2. The van der Waals surface area contributed by atoms with Crippen molar-refractivity contribution in [2.45, 2.75) is 32.7 Å². The van der Waals surface area contributed by atoms with Gasteiger partial charge in [0, 0.05) is 50.8 Å². The Kier molecular flexibility index (Phi) is 4.78. The summed E-state index contributed by atoms with van der Waals surface area (Å²) in [6.45, 7) is 5.90. The molecule has 1 aliphatic heterocycles. The second kappa shape index (κ2) is 6.98. The van der Waals surface area contributed by atoms with Gasteiger partial charge in [0.1, 0.15) is 5.82 Å². The first-order valence-electron chi connectivity index (χ1n) is 8.35. The number of rotatable bonds is 4. The molecule has 1 fully saturated rings. The fraction of sp³-hybridized carbons (Fsp3) is 0.529. The lowest BCUT2D eigenvalue weighted by atomic mass is 10.1. The molecule has 3 rings (SSSR count). The van der Waals surface area contributed by atoms with E-state index in [-0.39, 0.29) is 0 Å². The first-order chi connectivity index (χ1) is 11.5. The zero-order chi connectivity index (χ0) is 17.1. The lowest BCUT2D eigenvalue weighted by Crippen LogP contribution is -2.43. The van der Waals surface area contributed by atoms with Crippen LogP contribution in [0, 0.1) is 13.8 Å². The Morgan fingerprint density at radius 1 is 1.17 bits per heavy atom. The molecule has 0 saturated carbocycles. The molecule has 0 radical (unpaired) electrons. The lowest BCUT2D eigenvalue weighted by Gasteiger charge is -2.33. The molecule has 24 heavy (non-hydrogen) atoms. The van der Waals surface area contributed by atoms with Gasteiger partial charge in [-0.2, -0.15) is 4.98 Å². The van der Waals surface area contributed by atoms with E-state index in [2.05, 4.69) is 30.2 Å². The normalized spacial score (nSPS) is 17.7. The van der Waals surface area contributed by atoms with Gasteiger partial charge < -0.3 is 15.1 Å². The third kappa shape index (κ3) is 3.90. The molecule has 0 aliphatic carbocycles. The van der Waals surface area contributed by atoms with Crippen molar-refractivity contribution in [2.24, 2.45) is 0 Å². The predicted molar refractivity (Wildman–Crippen MR) is 96.7 cm³/mol. The second-order valence-corrected chi connectivity index (χ2v) is 6.52. The highest BCUT2D eigenvalue weighted by molar-refractivity contribution is 5.42. The Balaban J connectivity index is 1.70. The molecule has 2 aromatic heterocycles. The number of nitrogens with zero attached hydrogens (tertiary/aromatic N) is 6. The molecule has 1 unspecified atom stereocenters. The maximum atomic E-state index is 4.59. The van der Waals surface area contributed by atoms with Gasteiger partial charge in [-0.3, -0.25) is 0 Å². The molecule has 1 atom stereocenters. The summed E-state index contributed by atoms with van der Waals surface area (Å²) in [6.07, 6.45) is 4.01. The van der Waals surface area contributed by atoms with Crippen molar-refractivity contribution in [3.8, 4) is 0 Å². The van der Waals surface area contributed by atoms with Gasteiger partial charge in [0.25, 0.3) is 0 Å². The molecule has 2 aromatic rings. The van der Waals surface area contributed by atoms with Crippen LogP contribution in [-0.2, 0) is 0 Å². The number of anilines is 3. The molecule has 0 aromatic carbocycles. The van der Waals surface area contributed by atoms with Crippen LogP contribution in [0.5, 0.6) is 0 Å². The number of hydrogen-bond acceptors (Lipinski definition) is 7. The van der Waals surface area contributed by atoms with Crippen LogP contribution in [-0.4, -0.2) is 53.2 Å². The Bertz CT molecular complexity index is 681. The van der Waals surface area contributed by atoms with Crippen LogP contribution >= 0.6 is 0 Å². The second-order valence-electron chi connectivity index (χ2n) is 6.52. The fourth-order valence-electron chi connectivity index (χ4n) is 2.98. The van der Waals surface area contributed by atoms with Gasteiger partial charge in [-0.05, 0) is 38.8 Å². The van der Waals surface area contributed by atoms with E-state index in [1.54, 1.807) is 6.20 Å². The van der Waals surface area contributed by atoms with Crippen LogP contribution < -0.4 is 15.1 Å². The van der Waals surface area contributed by atoms with Crippen LogP contribution in [0.25, 0.3) is 0 Å². The average molecular weight is 327 g/mol. The molecule has 7 nitrogen and oxygen atoms in total. The van der Waals surface area contributed by atoms with Crippen molar-refractivity contribution in [1.29, 1.82) is 0 Å². The minimum absolute atomic E-state index is 0.327. The summed E-state index contributed by atoms with van der Waals surface area (Å²) >= 11 is 0. The maximum absolute atomic E-state index is 4.59. The van der Waals surface area contributed by atoms with Crippen molar-refractivity contribution in [2.75, 3.05) is 42.3 Å². The molecule has 0 bridgehead atoms. The Hall–Kier alpha value is -2.44. The van der Waals surface area contributed by atoms with Gasteiger partial charge in [0.15, 0.2) is 0 Å². The highest BCUT2D eigenvalue weighted by Gasteiger charge is 2.22. The molecular formula is C17H25N7. The van der Waals surface area contributed by atoms with Gasteiger partial charge >= 0.3 is 0 Å². The average Bonchev–Trinajstić information content (AvgIpc) is 2.54. The monoisotopic (exact) mass is 327 g/mol. The van der Waals surface area contributed by atoms with Crippen LogP contribution in [0.2, 0.25) is 0 Å². The van der Waals surface area contributed by atoms with Crippen molar-refractivity contribution in [3.05, 3.63) is 29.7 Å². The molecule has 1 aliphatic rings. The zero-order valence-corrected chi connectivity index (χ0v) is 14.8. The zero-order valence-electron chi connectivity index (χ0n) is 14.8. The summed E-state index contributed by atoms with van der Waals surface area (Å²) in [4.78, 5) is 22.2. The van der Waals surface area contributed by atoms with E-state index in [0.717, 1.165) is 49.1 Å². The quantitative estimate of drug-likeness (QED) is 0.921. The van der Waals surface area contributed by atoms with Crippen molar-refractivity contribution >= 4 is 17.7 Å². The molecule has 3 heterocycles. The highest BCUT2D eigenvalue weighted by Crippen LogP contribution is 2.20. The maximum Gasteiger partial charge on any atom is 0.226 e. The lowest BCUT2D eigenvalue weighted by molar-refractivity contribution is 0.521. The van der Waals surface area contributed by atoms with Gasteiger partial charge in [0.2, 0.25) is 11.9 Å². The summed E-state index contributed by atoms with van der Waals surface area (Å²) in [6, 6.07) is 4.25. The molecule has 128 valence electrons. The minimum Gasteiger partial charge on any atom is -0.365 e. The van der Waals surface area contributed by atoms with Crippen LogP contribution in [0.15, 0.2) is 18.3 Å². The Labute approximate surface area is 143 Å². The van der Waals surface area contributed by atoms with Gasteiger partial charge in [0.05, 0.1) is 0 Å². The predicted octanol–water partition coefficient (Wildman–Crippen LogP) is 2.03. The van der Waals surface area contributed by atoms with E-state index in [4.69, 9.17) is 0 Å². The van der Waals surface area contributed by atoms with Gasteiger partial charge in [-0.25, -0.2) is 15.0 Å². The summed E-state index contributed by atoms with van der Waals surface area (Å²) in [5.41, 5.74) is 2.03. The molecule has 0 spiro atoms. The van der Waals surface area contributed by atoms with Crippen molar-refractivity contribution in [3.63, 3.8) is 0 Å². The SMILES string of the molecule is Cc1cc(C)nc(N2CCCC(Nc3ccnc(N(C)C)n3)C2)n1. The third-order valence-corrected chi connectivity index (χ3v) is 4.07. The van der Waals surface area contributed by atoms with E-state index < -0.39 is 0 Å². The molecule has 7 heteroatoms. The van der Waals surface area contributed by atoms with E-state index >= 15 is 0 Å². The fourth-order valence-corrected chi connectivity index (χ4v) is 2.98. The summed E-state index contributed by atoms with van der Waals surface area (Å²) < 4.78 is 0. The van der Waals surface area contributed by atoms with E-state index in [0.29, 0.717) is 12.0 Å². The standard InChI is InChI=1S/C17H25N7/c1-12-10-13(2)20-17(19-12)24-9-5-6-14(11-24)21-15-7-8-18-16(22-15)23(3)4/h7-8,10,14H,5-6,9,11H2,1-4H3,(H,18,21,22). The summed E-state index contributed by atoms with van der Waals surface area (Å²) in [7, 11) is 3.89. The van der Waals surface area contributed by atoms with Crippen LogP contribution in [0.1, 0.15) is 24.2 Å². The van der Waals surface area contributed by atoms with Crippen LogP contribution in [0.4, 0.5) is 17.7 Å². The minimum atomic E-state index is 0.327. The highest BCUT2D eigenvalue weighted by atomic mass is 15.3. The van der Waals surface area contributed by atoms with Crippen LogP contribution in [0.3, 0.4) is 0 Å². The third-order valence-electron chi connectivity index (χ3n) is 4.07. The van der Waals surface area contributed by atoms with Crippen molar-refractivity contribution < 1.29 is 0 Å². The van der Waals surface area contributed by atoms with E-state index in [9.17, 15) is 0 Å². The topological polar surface area (TPSA) is 70.1 Å². The Morgan fingerprint density at radius 3 is 2.62 bits per heavy atom. The summed E-state index contributed by atoms with van der Waals surface area (Å²) in [5.74, 6) is 2.41. The van der Waals surface area contributed by atoms with E-state index in [1.807, 2.05) is 45.0 Å². The Morgan fingerprint density at radius 2 is 1.92 bits per heavy atom. The molecule has 1 N–H and O–H groups in total. The molecule has 1 saturated heterocycles. The first-order valence-corrected chi connectivity index (χ1v) is 8.35. The number of piperidine rings is 1. The number of nitrogens with one attached hydrogen (secondary N) is 1. The largest absolute Gasteiger partial charge is 0.365 e. The van der Waals surface area contributed by atoms with Gasteiger partial charge in [-0.1, -0.05) is 0 Å². The number of aromatic nitrogens is 4. The molecule has 0 amide bonds. The molecular weight excluding hydrogens is 302 g/mol. The smallest absolute Gasteiger partial charge is 0.226 e. The van der Waals surface area contributed by atoms with Crippen molar-refractivity contribution in [1.82, 2.24) is 19.9 Å².